The zero-order valence-corrected chi connectivity index (χ0v) is 13.7. The molecule has 1 amide bonds. The summed E-state index contributed by atoms with van der Waals surface area (Å²) in [5.74, 6) is 0.755. The number of benzene rings is 2. The van der Waals surface area contributed by atoms with Crippen molar-refractivity contribution in [2.24, 2.45) is 0 Å². The van der Waals surface area contributed by atoms with Crippen LogP contribution in [0.25, 0.3) is 0 Å². The molecular formula is C18H19NO3S. The van der Waals surface area contributed by atoms with Gasteiger partial charge < -0.3 is 10.1 Å². The highest BCUT2D eigenvalue weighted by Crippen LogP contribution is 2.34. The second-order valence-electron chi connectivity index (χ2n) is 5.61. The number of amides is 1. The molecule has 4 nitrogen and oxygen atoms in total. The van der Waals surface area contributed by atoms with Gasteiger partial charge in [-0.3, -0.25) is 9.00 Å². The maximum Gasteiger partial charge on any atom is 0.231 e. The second kappa shape index (κ2) is 6.96. The van der Waals surface area contributed by atoms with E-state index in [-0.39, 0.29) is 17.9 Å². The van der Waals surface area contributed by atoms with Crippen molar-refractivity contribution in [1.29, 1.82) is 0 Å². The van der Waals surface area contributed by atoms with Crippen LogP contribution in [0.15, 0.2) is 54.6 Å². The average Bonchev–Trinajstić information content (AvgIpc) is 2.99. The van der Waals surface area contributed by atoms with Crippen molar-refractivity contribution < 1.29 is 13.7 Å². The van der Waals surface area contributed by atoms with Crippen LogP contribution in [0.5, 0.6) is 5.75 Å². The fraction of sp³-hybridized carbons (Fsp3) is 0.278. The predicted molar refractivity (Wildman–Crippen MR) is 90.9 cm³/mol. The van der Waals surface area contributed by atoms with Crippen molar-refractivity contribution in [3.63, 3.8) is 0 Å². The topological polar surface area (TPSA) is 55.4 Å². The SMILES string of the molecule is C[S@@](=O)C[C@H](NC(=O)[C@@H]1COc2ccccc21)c1ccccc1. The summed E-state index contributed by atoms with van der Waals surface area (Å²) >= 11 is 0. The quantitative estimate of drug-likeness (QED) is 0.916. The molecule has 3 atom stereocenters. The van der Waals surface area contributed by atoms with E-state index < -0.39 is 10.8 Å². The van der Waals surface area contributed by atoms with E-state index in [0.717, 1.165) is 16.9 Å². The van der Waals surface area contributed by atoms with Crippen molar-refractivity contribution in [3.05, 3.63) is 65.7 Å². The molecule has 0 saturated carbocycles. The minimum Gasteiger partial charge on any atom is -0.492 e. The Morgan fingerprint density at radius 3 is 2.65 bits per heavy atom. The van der Waals surface area contributed by atoms with Crippen LogP contribution in [0.4, 0.5) is 0 Å². The van der Waals surface area contributed by atoms with Crippen molar-refractivity contribution in [2.75, 3.05) is 18.6 Å². The van der Waals surface area contributed by atoms with Gasteiger partial charge in [-0.05, 0) is 11.6 Å². The van der Waals surface area contributed by atoms with Crippen LogP contribution in [0.2, 0.25) is 0 Å². The van der Waals surface area contributed by atoms with Crippen molar-refractivity contribution in [3.8, 4) is 5.75 Å². The number of hydrogen-bond acceptors (Lipinski definition) is 3. The molecule has 5 heteroatoms. The van der Waals surface area contributed by atoms with E-state index in [2.05, 4.69) is 5.32 Å². The molecule has 120 valence electrons. The summed E-state index contributed by atoms with van der Waals surface area (Å²) in [5.41, 5.74) is 1.87. The molecule has 3 rings (SSSR count). The lowest BCUT2D eigenvalue weighted by Crippen LogP contribution is -2.36. The minimum absolute atomic E-state index is 0.0887. The molecule has 0 unspecified atom stereocenters. The van der Waals surface area contributed by atoms with Crippen LogP contribution in [-0.2, 0) is 15.6 Å². The highest BCUT2D eigenvalue weighted by molar-refractivity contribution is 7.84. The van der Waals surface area contributed by atoms with E-state index in [1.54, 1.807) is 6.26 Å². The second-order valence-corrected chi connectivity index (χ2v) is 7.09. The Balaban J connectivity index is 1.78. The van der Waals surface area contributed by atoms with E-state index in [0.29, 0.717) is 12.4 Å². The maximum absolute atomic E-state index is 12.7. The Hall–Kier alpha value is -2.14. The highest BCUT2D eigenvalue weighted by atomic mass is 32.2. The van der Waals surface area contributed by atoms with Crippen molar-refractivity contribution >= 4 is 16.7 Å². The number of para-hydroxylation sites is 1. The number of hydrogen-bond donors (Lipinski definition) is 1. The van der Waals surface area contributed by atoms with Gasteiger partial charge in [0.2, 0.25) is 5.91 Å². The number of carbonyl (C=O) groups excluding carboxylic acids is 1. The van der Waals surface area contributed by atoms with Gasteiger partial charge >= 0.3 is 0 Å². The summed E-state index contributed by atoms with van der Waals surface area (Å²) in [6.45, 7) is 0.349. The summed E-state index contributed by atoms with van der Waals surface area (Å²) in [6.07, 6.45) is 1.65. The molecule has 0 radical (unpaired) electrons. The number of ether oxygens (including phenoxy) is 1. The summed E-state index contributed by atoms with van der Waals surface area (Å²) in [5, 5.41) is 3.04. The Bertz CT molecular complexity index is 717. The van der Waals surface area contributed by atoms with Gasteiger partial charge in [0, 0.05) is 28.4 Å². The van der Waals surface area contributed by atoms with E-state index in [1.165, 1.54) is 0 Å². The molecular weight excluding hydrogens is 310 g/mol. The number of nitrogens with one attached hydrogen (secondary N) is 1. The maximum atomic E-state index is 12.7. The Morgan fingerprint density at radius 1 is 1.22 bits per heavy atom. The molecule has 23 heavy (non-hydrogen) atoms. The third-order valence-electron chi connectivity index (χ3n) is 3.94. The van der Waals surface area contributed by atoms with Gasteiger partial charge in [-0.2, -0.15) is 0 Å². The minimum atomic E-state index is -1.01. The van der Waals surface area contributed by atoms with Crippen LogP contribution in [0.3, 0.4) is 0 Å². The fourth-order valence-corrected chi connectivity index (χ4v) is 3.54. The Morgan fingerprint density at radius 2 is 1.91 bits per heavy atom. The molecule has 2 aromatic carbocycles. The molecule has 0 fully saturated rings. The number of rotatable bonds is 5. The van der Waals surface area contributed by atoms with E-state index in [1.807, 2.05) is 54.6 Å². The molecule has 0 saturated heterocycles. The molecule has 1 heterocycles. The molecule has 1 N–H and O–H groups in total. The van der Waals surface area contributed by atoms with Gasteiger partial charge in [0.25, 0.3) is 0 Å². The molecule has 0 spiro atoms. The first kappa shape index (κ1) is 15.7. The number of fused-ring (bicyclic) bond motifs is 1. The molecule has 0 aliphatic carbocycles. The lowest BCUT2D eigenvalue weighted by molar-refractivity contribution is -0.123. The van der Waals surface area contributed by atoms with Crippen LogP contribution >= 0.6 is 0 Å². The van der Waals surface area contributed by atoms with Crippen LogP contribution < -0.4 is 10.1 Å². The Kier molecular flexibility index (Phi) is 4.76. The van der Waals surface area contributed by atoms with E-state index >= 15 is 0 Å². The lowest BCUT2D eigenvalue weighted by atomic mass is 9.99. The zero-order chi connectivity index (χ0) is 16.2. The summed E-state index contributed by atoms with van der Waals surface area (Å²) < 4.78 is 17.2. The van der Waals surface area contributed by atoms with Gasteiger partial charge in [0.1, 0.15) is 18.3 Å². The largest absolute Gasteiger partial charge is 0.492 e. The first-order chi connectivity index (χ1) is 11.1. The smallest absolute Gasteiger partial charge is 0.231 e. The first-order valence-corrected chi connectivity index (χ1v) is 9.25. The zero-order valence-electron chi connectivity index (χ0n) is 12.9. The van der Waals surface area contributed by atoms with Gasteiger partial charge in [-0.1, -0.05) is 48.5 Å². The molecule has 1 aliphatic heterocycles. The lowest BCUT2D eigenvalue weighted by Gasteiger charge is -2.20. The van der Waals surface area contributed by atoms with E-state index in [4.69, 9.17) is 4.74 Å². The third-order valence-corrected chi connectivity index (χ3v) is 4.74. The summed E-state index contributed by atoms with van der Waals surface area (Å²) in [7, 11) is -1.01. The first-order valence-electron chi connectivity index (χ1n) is 7.52. The normalized spacial score (nSPS) is 18.6. The van der Waals surface area contributed by atoms with Crippen LogP contribution in [0.1, 0.15) is 23.1 Å². The third kappa shape index (κ3) is 3.62. The Labute approximate surface area is 138 Å². The monoisotopic (exact) mass is 329 g/mol. The average molecular weight is 329 g/mol. The fourth-order valence-electron chi connectivity index (χ4n) is 2.79. The van der Waals surface area contributed by atoms with Gasteiger partial charge in [0.05, 0.1) is 6.04 Å². The summed E-state index contributed by atoms with van der Waals surface area (Å²) in [6, 6.07) is 17.0. The van der Waals surface area contributed by atoms with Crippen LogP contribution in [-0.4, -0.2) is 28.7 Å². The molecule has 2 aromatic rings. The predicted octanol–water partition coefficient (Wildman–Crippen LogP) is 2.40. The highest BCUT2D eigenvalue weighted by Gasteiger charge is 2.31. The molecule has 0 bridgehead atoms. The van der Waals surface area contributed by atoms with Gasteiger partial charge in [-0.25, -0.2) is 0 Å². The van der Waals surface area contributed by atoms with Gasteiger partial charge in [-0.15, -0.1) is 0 Å². The number of carbonyl (C=O) groups is 1. The van der Waals surface area contributed by atoms with Gasteiger partial charge in [0.15, 0.2) is 0 Å². The molecule has 1 aliphatic rings. The molecule has 0 aromatic heterocycles. The standard InChI is InChI=1S/C18H19NO3S/c1-23(21)12-16(13-7-3-2-4-8-13)19-18(20)15-11-22-17-10-6-5-9-14(15)17/h2-10,15-16H,11-12H2,1H3,(H,19,20)/t15-,16+,23-/m1/s1. The van der Waals surface area contributed by atoms with E-state index in [9.17, 15) is 9.00 Å². The van der Waals surface area contributed by atoms with Crippen LogP contribution in [0, 0.1) is 0 Å². The summed E-state index contributed by atoms with van der Waals surface area (Å²) in [4.78, 5) is 12.7. The van der Waals surface area contributed by atoms with Crippen molar-refractivity contribution in [2.45, 2.75) is 12.0 Å². The van der Waals surface area contributed by atoms with Crippen molar-refractivity contribution in [1.82, 2.24) is 5.32 Å².